The minimum absolute atomic E-state index is 0.242. The molecule has 32 heavy (non-hydrogen) atoms. The Hall–Kier alpha value is -4.04. The number of nitrogens with zero attached hydrogens (tertiary/aromatic N) is 2. The number of para-hydroxylation sites is 1. The van der Waals surface area contributed by atoms with Crippen LogP contribution in [0.4, 0.5) is 10.8 Å². The first-order valence-corrected chi connectivity index (χ1v) is 10.7. The van der Waals surface area contributed by atoms with Gasteiger partial charge in [0.15, 0.2) is 0 Å². The lowest BCUT2D eigenvalue weighted by Crippen LogP contribution is -2.14. The van der Waals surface area contributed by atoms with Crippen LogP contribution in [0.3, 0.4) is 0 Å². The summed E-state index contributed by atoms with van der Waals surface area (Å²) < 4.78 is 5.37. The van der Waals surface area contributed by atoms with Crippen molar-refractivity contribution < 1.29 is 14.3 Å². The summed E-state index contributed by atoms with van der Waals surface area (Å²) in [5.74, 6) is 0.205. The number of amides is 2. The quantitative estimate of drug-likeness (QED) is 0.433. The van der Waals surface area contributed by atoms with Crippen molar-refractivity contribution in [2.45, 2.75) is 6.42 Å². The number of anilines is 2. The average Bonchev–Trinajstić information content (AvgIpc) is 3.26. The van der Waals surface area contributed by atoms with Gasteiger partial charge in [-0.1, -0.05) is 53.8 Å². The van der Waals surface area contributed by atoms with Gasteiger partial charge in [0.25, 0.3) is 11.8 Å². The highest BCUT2D eigenvalue weighted by Crippen LogP contribution is 2.24. The number of hydrogen-bond donors (Lipinski definition) is 2. The fourth-order valence-corrected chi connectivity index (χ4v) is 3.85. The first-order chi connectivity index (χ1) is 15.6. The van der Waals surface area contributed by atoms with Crippen LogP contribution < -0.4 is 15.4 Å². The van der Waals surface area contributed by atoms with E-state index in [1.54, 1.807) is 55.6 Å². The molecule has 3 aromatic carbocycles. The number of carbonyl (C=O) groups is 2. The summed E-state index contributed by atoms with van der Waals surface area (Å²) >= 11 is 1.30. The molecule has 2 N–H and O–H groups in total. The zero-order chi connectivity index (χ0) is 22.3. The smallest absolute Gasteiger partial charge is 0.257 e. The Kier molecular flexibility index (Phi) is 6.52. The zero-order valence-corrected chi connectivity index (χ0v) is 18.1. The lowest BCUT2D eigenvalue weighted by Gasteiger charge is -2.07. The van der Waals surface area contributed by atoms with E-state index >= 15 is 0 Å². The van der Waals surface area contributed by atoms with E-state index in [0.29, 0.717) is 28.4 Å². The molecule has 0 atom stereocenters. The SMILES string of the molecule is COc1ccccc1Cc1nnc(NC(=O)c2cccc(NC(=O)c3ccccc3)c2)s1. The van der Waals surface area contributed by atoms with Crippen molar-refractivity contribution in [1.29, 1.82) is 0 Å². The van der Waals surface area contributed by atoms with Gasteiger partial charge >= 0.3 is 0 Å². The third-order valence-corrected chi connectivity index (χ3v) is 5.48. The summed E-state index contributed by atoms with van der Waals surface area (Å²) in [6, 6.07) is 23.3. The molecule has 8 heteroatoms. The molecule has 0 fully saturated rings. The second-order valence-corrected chi connectivity index (χ2v) is 7.91. The Morgan fingerprint density at radius 3 is 2.38 bits per heavy atom. The van der Waals surface area contributed by atoms with Gasteiger partial charge in [-0.2, -0.15) is 0 Å². The molecule has 0 radical (unpaired) electrons. The number of benzene rings is 3. The van der Waals surface area contributed by atoms with Crippen LogP contribution in [0.15, 0.2) is 78.9 Å². The van der Waals surface area contributed by atoms with Crippen LogP contribution in [0.1, 0.15) is 31.3 Å². The van der Waals surface area contributed by atoms with Crippen molar-refractivity contribution >= 4 is 34.0 Å². The van der Waals surface area contributed by atoms with E-state index in [-0.39, 0.29) is 11.8 Å². The van der Waals surface area contributed by atoms with Crippen LogP contribution in [-0.2, 0) is 6.42 Å². The molecule has 7 nitrogen and oxygen atoms in total. The molecular formula is C24H20N4O3S. The molecule has 4 rings (SSSR count). The van der Waals surface area contributed by atoms with Gasteiger partial charge in [-0.15, -0.1) is 10.2 Å². The highest BCUT2D eigenvalue weighted by molar-refractivity contribution is 7.15. The van der Waals surface area contributed by atoms with Gasteiger partial charge in [0.05, 0.1) is 7.11 Å². The van der Waals surface area contributed by atoms with Gasteiger partial charge < -0.3 is 10.1 Å². The number of methoxy groups -OCH3 is 1. The van der Waals surface area contributed by atoms with E-state index in [4.69, 9.17) is 4.74 Å². The predicted molar refractivity (Wildman–Crippen MR) is 124 cm³/mol. The molecule has 1 aromatic heterocycles. The second kappa shape index (κ2) is 9.84. The van der Waals surface area contributed by atoms with Gasteiger partial charge in [-0.3, -0.25) is 14.9 Å². The lowest BCUT2D eigenvalue weighted by atomic mass is 10.1. The maximum atomic E-state index is 12.7. The fourth-order valence-electron chi connectivity index (χ4n) is 3.09. The Bertz CT molecular complexity index is 1240. The minimum atomic E-state index is -0.333. The van der Waals surface area contributed by atoms with E-state index in [0.717, 1.165) is 16.3 Å². The van der Waals surface area contributed by atoms with Gasteiger partial charge in [-0.05, 0) is 36.4 Å². The fraction of sp³-hybridized carbons (Fsp3) is 0.0833. The topological polar surface area (TPSA) is 93.2 Å². The normalized spacial score (nSPS) is 10.4. The third-order valence-electron chi connectivity index (χ3n) is 4.64. The van der Waals surface area contributed by atoms with Crippen molar-refractivity contribution in [3.05, 3.63) is 101 Å². The maximum Gasteiger partial charge on any atom is 0.257 e. The molecule has 0 aliphatic rings. The Labute approximate surface area is 189 Å². The molecule has 0 saturated heterocycles. The van der Waals surface area contributed by atoms with E-state index in [1.165, 1.54) is 11.3 Å². The number of rotatable bonds is 7. The molecule has 1 heterocycles. The summed E-state index contributed by atoms with van der Waals surface area (Å²) in [5.41, 5.74) is 2.46. The summed E-state index contributed by atoms with van der Waals surface area (Å²) in [4.78, 5) is 25.0. The molecule has 0 aliphatic carbocycles. The van der Waals surface area contributed by atoms with Gasteiger partial charge in [0, 0.05) is 28.8 Å². The molecular weight excluding hydrogens is 424 g/mol. The summed E-state index contributed by atoms with van der Waals surface area (Å²) in [6.07, 6.45) is 0.554. The largest absolute Gasteiger partial charge is 0.496 e. The molecule has 2 amide bonds. The first-order valence-electron chi connectivity index (χ1n) is 9.84. The Morgan fingerprint density at radius 1 is 0.844 bits per heavy atom. The van der Waals surface area contributed by atoms with E-state index in [9.17, 15) is 9.59 Å². The Morgan fingerprint density at radius 2 is 1.56 bits per heavy atom. The van der Waals surface area contributed by atoms with Crippen molar-refractivity contribution in [1.82, 2.24) is 10.2 Å². The standard InChI is InChI=1S/C24H20N4O3S/c1-31-20-13-6-5-10-17(20)15-21-27-28-24(32-21)26-23(30)18-11-7-12-19(14-18)25-22(29)16-8-3-2-4-9-16/h2-14H,15H2,1H3,(H,25,29)(H,26,28,30). The van der Waals surface area contributed by atoms with Gasteiger partial charge in [0.1, 0.15) is 10.8 Å². The van der Waals surface area contributed by atoms with Crippen LogP contribution in [-0.4, -0.2) is 29.1 Å². The molecule has 0 aliphatic heterocycles. The van der Waals surface area contributed by atoms with Gasteiger partial charge in [0.2, 0.25) is 5.13 Å². The predicted octanol–water partition coefficient (Wildman–Crippen LogP) is 4.64. The third kappa shape index (κ3) is 5.16. The average molecular weight is 445 g/mol. The number of carbonyl (C=O) groups excluding carboxylic acids is 2. The molecule has 160 valence electrons. The summed E-state index contributed by atoms with van der Waals surface area (Å²) in [5, 5.41) is 15.0. The van der Waals surface area contributed by atoms with Crippen molar-refractivity contribution in [3.63, 3.8) is 0 Å². The number of ether oxygens (including phenoxy) is 1. The van der Waals surface area contributed by atoms with Crippen LogP contribution >= 0.6 is 11.3 Å². The minimum Gasteiger partial charge on any atom is -0.496 e. The zero-order valence-electron chi connectivity index (χ0n) is 17.2. The van der Waals surface area contributed by atoms with Crippen LogP contribution in [0.2, 0.25) is 0 Å². The molecule has 0 saturated carbocycles. The molecule has 0 unspecified atom stereocenters. The first kappa shape index (κ1) is 21.2. The monoisotopic (exact) mass is 444 g/mol. The molecule has 0 spiro atoms. The van der Waals surface area contributed by atoms with E-state index in [2.05, 4.69) is 20.8 Å². The highest BCUT2D eigenvalue weighted by atomic mass is 32.1. The van der Waals surface area contributed by atoms with Gasteiger partial charge in [-0.25, -0.2) is 0 Å². The highest BCUT2D eigenvalue weighted by Gasteiger charge is 2.13. The van der Waals surface area contributed by atoms with Crippen LogP contribution in [0, 0.1) is 0 Å². The van der Waals surface area contributed by atoms with Crippen LogP contribution in [0.25, 0.3) is 0 Å². The van der Waals surface area contributed by atoms with E-state index < -0.39 is 0 Å². The maximum absolute atomic E-state index is 12.7. The molecule has 4 aromatic rings. The number of nitrogens with one attached hydrogen (secondary N) is 2. The summed E-state index contributed by atoms with van der Waals surface area (Å²) in [6.45, 7) is 0. The number of hydrogen-bond acceptors (Lipinski definition) is 6. The number of aromatic nitrogens is 2. The lowest BCUT2D eigenvalue weighted by molar-refractivity contribution is 0.101. The Balaban J connectivity index is 1.41. The summed E-state index contributed by atoms with van der Waals surface area (Å²) in [7, 11) is 1.63. The van der Waals surface area contributed by atoms with Crippen molar-refractivity contribution in [2.24, 2.45) is 0 Å². The molecule has 0 bridgehead atoms. The van der Waals surface area contributed by atoms with Crippen molar-refractivity contribution in [3.8, 4) is 5.75 Å². The van der Waals surface area contributed by atoms with Crippen molar-refractivity contribution in [2.75, 3.05) is 17.7 Å². The second-order valence-electron chi connectivity index (χ2n) is 6.84. The van der Waals surface area contributed by atoms with E-state index in [1.807, 2.05) is 30.3 Å². The van der Waals surface area contributed by atoms with Crippen LogP contribution in [0.5, 0.6) is 5.75 Å².